The summed E-state index contributed by atoms with van der Waals surface area (Å²) in [7, 11) is 3.94. The minimum absolute atomic E-state index is 0.0538. The number of likely N-dealkylation sites (N-methyl/N-ethyl adjacent to an activating group) is 1. The standard InChI is InChI=1S/C18H30N4O/c1-18(10-7-13-23-18)15-21-17(19-2)20-11-12-22(3)14-16-8-5-4-6-9-16/h4-6,8-9H,7,10-15H2,1-3H3,(H2,19,20,21). The molecule has 2 rings (SSSR count). The Morgan fingerprint density at radius 1 is 1.30 bits per heavy atom. The number of guanidine groups is 1. The highest BCUT2D eigenvalue weighted by Crippen LogP contribution is 2.23. The zero-order chi connectivity index (χ0) is 16.5. The van der Waals surface area contributed by atoms with E-state index in [9.17, 15) is 0 Å². The Morgan fingerprint density at radius 3 is 2.74 bits per heavy atom. The highest BCUT2D eigenvalue weighted by molar-refractivity contribution is 5.79. The predicted molar refractivity (Wildman–Crippen MR) is 95.7 cm³/mol. The number of benzene rings is 1. The summed E-state index contributed by atoms with van der Waals surface area (Å²) in [6.45, 7) is 6.61. The second kappa shape index (κ2) is 8.89. The highest BCUT2D eigenvalue weighted by atomic mass is 16.5. The molecule has 128 valence electrons. The summed E-state index contributed by atoms with van der Waals surface area (Å²) in [6.07, 6.45) is 2.26. The Kier molecular flexibility index (Phi) is 6.86. The SMILES string of the molecule is CN=C(NCCN(C)Cc1ccccc1)NCC1(C)CCCO1. The molecule has 1 atom stereocenters. The average Bonchev–Trinajstić information content (AvgIpc) is 2.98. The minimum atomic E-state index is -0.0538. The molecule has 0 bridgehead atoms. The van der Waals surface area contributed by atoms with Gasteiger partial charge in [0, 0.05) is 39.8 Å². The third-order valence-electron chi connectivity index (χ3n) is 4.24. The summed E-state index contributed by atoms with van der Waals surface area (Å²) in [6, 6.07) is 10.5. The summed E-state index contributed by atoms with van der Waals surface area (Å²) >= 11 is 0. The van der Waals surface area contributed by atoms with E-state index in [1.54, 1.807) is 7.05 Å². The minimum Gasteiger partial charge on any atom is -0.373 e. The van der Waals surface area contributed by atoms with Gasteiger partial charge in [0.25, 0.3) is 0 Å². The monoisotopic (exact) mass is 318 g/mol. The van der Waals surface area contributed by atoms with Gasteiger partial charge in [-0.3, -0.25) is 4.99 Å². The van der Waals surface area contributed by atoms with Gasteiger partial charge in [0.15, 0.2) is 5.96 Å². The fourth-order valence-corrected chi connectivity index (χ4v) is 2.81. The van der Waals surface area contributed by atoms with Crippen molar-refractivity contribution in [1.29, 1.82) is 0 Å². The maximum Gasteiger partial charge on any atom is 0.191 e. The molecule has 0 radical (unpaired) electrons. The van der Waals surface area contributed by atoms with Crippen molar-refractivity contribution in [2.45, 2.75) is 31.9 Å². The zero-order valence-electron chi connectivity index (χ0n) is 14.6. The second-order valence-electron chi connectivity index (χ2n) is 6.48. The number of nitrogens with one attached hydrogen (secondary N) is 2. The van der Waals surface area contributed by atoms with Crippen LogP contribution in [0.1, 0.15) is 25.3 Å². The molecular weight excluding hydrogens is 288 g/mol. The molecule has 0 spiro atoms. The average molecular weight is 318 g/mol. The Morgan fingerprint density at radius 2 is 2.09 bits per heavy atom. The van der Waals surface area contributed by atoms with Gasteiger partial charge in [0.05, 0.1) is 5.60 Å². The quantitative estimate of drug-likeness (QED) is 0.595. The van der Waals surface area contributed by atoms with Crippen LogP contribution in [0.25, 0.3) is 0 Å². The van der Waals surface area contributed by atoms with Gasteiger partial charge in [-0.15, -0.1) is 0 Å². The first kappa shape index (κ1) is 17.8. The van der Waals surface area contributed by atoms with Gasteiger partial charge in [0.2, 0.25) is 0 Å². The van der Waals surface area contributed by atoms with Crippen LogP contribution >= 0.6 is 0 Å². The normalized spacial score (nSPS) is 21.7. The van der Waals surface area contributed by atoms with Crippen molar-refractivity contribution < 1.29 is 4.74 Å². The fourth-order valence-electron chi connectivity index (χ4n) is 2.81. The number of rotatable bonds is 7. The summed E-state index contributed by atoms with van der Waals surface area (Å²) in [5, 5.41) is 6.74. The van der Waals surface area contributed by atoms with E-state index < -0.39 is 0 Å². The van der Waals surface area contributed by atoms with Crippen LogP contribution in [0.15, 0.2) is 35.3 Å². The molecule has 0 amide bonds. The Balaban J connectivity index is 1.65. The first-order chi connectivity index (χ1) is 11.1. The second-order valence-corrected chi connectivity index (χ2v) is 6.48. The van der Waals surface area contributed by atoms with Crippen molar-refractivity contribution in [1.82, 2.24) is 15.5 Å². The molecule has 0 aromatic heterocycles. The van der Waals surface area contributed by atoms with Gasteiger partial charge in [0.1, 0.15) is 0 Å². The van der Waals surface area contributed by atoms with Crippen molar-refractivity contribution in [3.05, 3.63) is 35.9 Å². The molecule has 1 aromatic carbocycles. The molecule has 5 nitrogen and oxygen atoms in total. The molecule has 1 aromatic rings. The zero-order valence-corrected chi connectivity index (χ0v) is 14.6. The van der Waals surface area contributed by atoms with Crippen LogP contribution in [0.3, 0.4) is 0 Å². The summed E-state index contributed by atoms with van der Waals surface area (Å²) in [4.78, 5) is 6.58. The lowest BCUT2D eigenvalue weighted by Gasteiger charge is -2.25. The molecule has 0 aliphatic carbocycles. The van der Waals surface area contributed by atoms with Crippen LogP contribution < -0.4 is 10.6 Å². The van der Waals surface area contributed by atoms with E-state index in [1.165, 1.54) is 5.56 Å². The first-order valence-electron chi connectivity index (χ1n) is 8.42. The molecule has 1 unspecified atom stereocenters. The molecule has 2 N–H and O–H groups in total. The summed E-state index contributed by atoms with van der Waals surface area (Å²) in [5.74, 6) is 0.842. The third kappa shape index (κ3) is 6.20. The molecule has 1 fully saturated rings. The van der Waals surface area contributed by atoms with Crippen LogP contribution in [0, 0.1) is 0 Å². The Labute approximate surface area is 140 Å². The van der Waals surface area contributed by atoms with Crippen LogP contribution in [-0.4, -0.2) is 56.8 Å². The molecule has 1 aliphatic heterocycles. The largest absolute Gasteiger partial charge is 0.373 e. The van der Waals surface area contributed by atoms with E-state index in [-0.39, 0.29) is 5.60 Å². The summed E-state index contributed by atoms with van der Waals surface area (Å²) < 4.78 is 5.79. The predicted octanol–water partition coefficient (Wildman–Crippen LogP) is 1.85. The number of ether oxygens (including phenoxy) is 1. The molecular formula is C18H30N4O. The number of nitrogens with zero attached hydrogens (tertiary/aromatic N) is 2. The first-order valence-corrected chi connectivity index (χ1v) is 8.42. The number of aliphatic imine (C=N–C) groups is 1. The van der Waals surface area contributed by atoms with Crippen molar-refractivity contribution in [3.8, 4) is 0 Å². The fraction of sp³-hybridized carbons (Fsp3) is 0.611. The highest BCUT2D eigenvalue weighted by Gasteiger charge is 2.29. The molecule has 1 saturated heterocycles. The van der Waals surface area contributed by atoms with Gasteiger partial charge in [-0.1, -0.05) is 30.3 Å². The molecule has 5 heteroatoms. The van der Waals surface area contributed by atoms with Crippen molar-refractivity contribution >= 4 is 5.96 Å². The lowest BCUT2D eigenvalue weighted by Crippen LogP contribution is -2.46. The van der Waals surface area contributed by atoms with Crippen molar-refractivity contribution in [2.75, 3.05) is 40.3 Å². The van der Waals surface area contributed by atoms with E-state index in [0.29, 0.717) is 0 Å². The molecule has 1 aliphatic rings. The Hall–Kier alpha value is -1.59. The van der Waals surface area contributed by atoms with Gasteiger partial charge in [-0.2, -0.15) is 0 Å². The van der Waals surface area contributed by atoms with Gasteiger partial charge in [-0.05, 0) is 32.4 Å². The number of hydrogen-bond donors (Lipinski definition) is 2. The van der Waals surface area contributed by atoms with Crippen LogP contribution in [0.5, 0.6) is 0 Å². The molecule has 1 heterocycles. The lowest BCUT2D eigenvalue weighted by atomic mass is 10.0. The van der Waals surface area contributed by atoms with Gasteiger partial charge in [-0.25, -0.2) is 0 Å². The van der Waals surface area contributed by atoms with Crippen LogP contribution in [0.2, 0.25) is 0 Å². The van der Waals surface area contributed by atoms with E-state index >= 15 is 0 Å². The summed E-state index contributed by atoms with van der Waals surface area (Å²) in [5.41, 5.74) is 1.28. The van der Waals surface area contributed by atoms with Gasteiger partial charge >= 0.3 is 0 Å². The maximum absolute atomic E-state index is 5.79. The van der Waals surface area contributed by atoms with Crippen molar-refractivity contribution in [2.24, 2.45) is 4.99 Å². The lowest BCUT2D eigenvalue weighted by molar-refractivity contribution is 0.0243. The van der Waals surface area contributed by atoms with Crippen LogP contribution in [0.4, 0.5) is 0 Å². The smallest absolute Gasteiger partial charge is 0.191 e. The topological polar surface area (TPSA) is 48.9 Å². The van der Waals surface area contributed by atoms with E-state index in [2.05, 4.69) is 64.8 Å². The van der Waals surface area contributed by atoms with E-state index in [0.717, 1.165) is 51.6 Å². The van der Waals surface area contributed by atoms with Crippen molar-refractivity contribution in [3.63, 3.8) is 0 Å². The molecule has 0 saturated carbocycles. The maximum atomic E-state index is 5.79. The van der Waals surface area contributed by atoms with E-state index in [4.69, 9.17) is 4.74 Å². The molecule has 23 heavy (non-hydrogen) atoms. The van der Waals surface area contributed by atoms with E-state index in [1.807, 2.05) is 0 Å². The van der Waals surface area contributed by atoms with Gasteiger partial charge < -0.3 is 20.3 Å². The number of hydrogen-bond acceptors (Lipinski definition) is 3. The Bertz CT molecular complexity index is 483. The van der Waals surface area contributed by atoms with Crippen LogP contribution in [-0.2, 0) is 11.3 Å². The third-order valence-corrected chi connectivity index (χ3v) is 4.24.